The van der Waals surface area contributed by atoms with Gasteiger partial charge < -0.3 is 20.2 Å². The van der Waals surface area contributed by atoms with E-state index in [0.717, 1.165) is 63.1 Å². The highest BCUT2D eigenvalue weighted by Crippen LogP contribution is 2.65. The van der Waals surface area contributed by atoms with Crippen LogP contribution >= 0.6 is 0 Å². The number of oxime groups is 1. The Bertz CT molecular complexity index is 1230. The summed E-state index contributed by atoms with van der Waals surface area (Å²) in [5.41, 5.74) is 4.30. The van der Waals surface area contributed by atoms with Gasteiger partial charge in [0.05, 0.1) is 11.8 Å². The summed E-state index contributed by atoms with van der Waals surface area (Å²) in [7, 11) is 2.22. The number of nitrogens with one attached hydrogen (secondary N) is 1. The number of allylic oxidation sites excluding steroid dienone is 2. The second kappa shape index (κ2) is 12.0. The number of amides is 1. The van der Waals surface area contributed by atoms with Crippen molar-refractivity contribution < 1.29 is 14.7 Å². The highest BCUT2D eigenvalue weighted by Gasteiger charge is 2.58. The molecule has 6 rings (SSSR count). The maximum atomic E-state index is 12.8. The molecule has 1 aromatic carbocycles. The average molecular weight is 590 g/mol. The van der Waals surface area contributed by atoms with Gasteiger partial charge in [-0.25, -0.2) is 0 Å². The summed E-state index contributed by atoms with van der Waals surface area (Å²) in [5.74, 6) is 2.51. The van der Waals surface area contributed by atoms with E-state index in [1.54, 1.807) is 0 Å². The summed E-state index contributed by atoms with van der Waals surface area (Å²) in [6.07, 6.45) is 13.1. The average Bonchev–Trinajstić information content (AvgIpc) is 3.30. The molecule has 4 fully saturated rings. The molecule has 1 saturated heterocycles. The lowest BCUT2D eigenvalue weighted by Gasteiger charge is -2.57. The van der Waals surface area contributed by atoms with Gasteiger partial charge in [-0.15, -0.1) is 0 Å². The second-order valence-corrected chi connectivity index (χ2v) is 15.5. The molecular formula is C37H55N3O3. The number of likely N-dealkylation sites (tertiary alicyclic amines) is 1. The number of hydrogen-bond acceptors (Lipinski definition) is 5. The summed E-state index contributed by atoms with van der Waals surface area (Å²) in [6, 6.07) is 11.4. The first-order valence-electron chi connectivity index (χ1n) is 17.2. The van der Waals surface area contributed by atoms with Crippen molar-refractivity contribution in [2.24, 2.45) is 39.7 Å². The molecule has 2 N–H and O–H groups in total. The monoisotopic (exact) mass is 589 g/mol. The predicted molar refractivity (Wildman–Crippen MR) is 173 cm³/mol. The maximum Gasteiger partial charge on any atom is 0.260 e. The Morgan fingerprint density at radius 2 is 1.86 bits per heavy atom. The van der Waals surface area contributed by atoms with E-state index in [1.165, 1.54) is 30.4 Å². The number of nitrogens with zero attached hydrogens (tertiary/aromatic N) is 2. The fraction of sp³-hybridized carbons (Fsp3) is 0.730. The molecule has 0 aromatic heterocycles. The zero-order chi connectivity index (χ0) is 30.4. The Morgan fingerprint density at radius 1 is 1.07 bits per heavy atom. The molecular weight excluding hydrogens is 534 g/mol. The highest BCUT2D eigenvalue weighted by atomic mass is 16.6. The van der Waals surface area contributed by atoms with Crippen LogP contribution < -0.4 is 5.32 Å². The van der Waals surface area contributed by atoms with Crippen LogP contribution in [-0.2, 0) is 15.0 Å². The molecule has 9 atom stereocenters. The van der Waals surface area contributed by atoms with Gasteiger partial charge in [0.25, 0.3) is 5.91 Å². The summed E-state index contributed by atoms with van der Waals surface area (Å²) in [4.78, 5) is 20.9. The molecule has 236 valence electrons. The number of carbonyl (C=O) groups is 1. The molecule has 0 unspecified atom stereocenters. The van der Waals surface area contributed by atoms with Gasteiger partial charge in [0.2, 0.25) is 0 Å². The van der Waals surface area contributed by atoms with Crippen LogP contribution in [0.1, 0.15) is 97.5 Å². The molecule has 0 bridgehead atoms. The van der Waals surface area contributed by atoms with E-state index < -0.39 is 0 Å². The molecule has 43 heavy (non-hydrogen) atoms. The number of hydrogen-bond donors (Lipinski definition) is 2. The molecule has 0 radical (unpaired) electrons. The van der Waals surface area contributed by atoms with Gasteiger partial charge in [0.1, 0.15) is 0 Å². The van der Waals surface area contributed by atoms with Crippen LogP contribution in [0.25, 0.3) is 0 Å². The largest absolute Gasteiger partial charge is 0.393 e. The number of carbonyl (C=O) groups excluding carboxylic acids is 1. The molecule has 1 aliphatic heterocycles. The van der Waals surface area contributed by atoms with Crippen molar-refractivity contribution in [2.45, 2.75) is 109 Å². The minimum Gasteiger partial charge on any atom is -0.393 e. The van der Waals surface area contributed by atoms with E-state index in [1.807, 2.05) is 0 Å². The van der Waals surface area contributed by atoms with Crippen molar-refractivity contribution in [3.05, 3.63) is 47.5 Å². The summed E-state index contributed by atoms with van der Waals surface area (Å²) in [5, 5.41) is 18.3. The minimum absolute atomic E-state index is 0.0374. The Kier molecular flexibility index (Phi) is 8.58. The van der Waals surface area contributed by atoms with Gasteiger partial charge in [0, 0.05) is 24.5 Å². The highest BCUT2D eigenvalue weighted by molar-refractivity contribution is 5.96. The van der Waals surface area contributed by atoms with E-state index >= 15 is 0 Å². The molecule has 1 aromatic rings. The number of benzene rings is 1. The SMILES string of the molecule is C[C@@H]1CN(C)[C@@H](C)C[C@@]1(CCNC(=O)CO/N=C1\C=C2CC[C@H]3[C@@H]4CC[C@H](O)[C@@]4(C)CC[C@@H]3[C@@]2(C)CC1)c1ccccc1. The van der Waals surface area contributed by atoms with Gasteiger partial charge in [-0.3, -0.25) is 4.79 Å². The van der Waals surface area contributed by atoms with E-state index in [-0.39, 0.29) is 34.9 Å². The number of aliphatic hydroxyl groups is 1. The molecule has 6 nitrogen and oxygen atoms in total. The fourth-order valence-electron chi connectivity index (χ4n) is 10.6. The predicted octanol–water partition coefficient (Wildman–Crippen LogP) is 6.49. The summed E-state index contributed by atoms with van der Waals surface area (Å²) < 4.78 is 0. The minimum atomic E-state index is -0.117. The fourth-order valence-corrected chi connectivity index (χ4v) is 10.6. The molecule has 3 saturated carbocycles. The van der Waals surface area contributed by atoms with Crippen molar-refractivity contribution in [1.82, 2.24) is 10.2 Å². The Morgan fingerprint density at radius 3 is 2.65 bits per heavy atom. The van der Waals surface area contributed by atoms with E-state index in [2.05, 4.69) is 86.5 Å². The third-order valence-electron chi connectivity index (χ3n) is 13.5. The Labute approximate surface area is 259 Å². The van der Waals surface area contributed by atoms with Crippen LogP contribution in [0.4, 0.5) is 0 Å². The van der Waals surface area contributed by atoms with E-state index in [4.69, 9.17) is 4.84 Å². The molecule has 6 heteroatoms. The smallest absolute Gasteiger partial charge is 0.260 e. The van der Waals surface area contributed by atoms with Crippen LogP contribution in [0.15, 0.2) is 47.1 Å². The first-order valence-corrected chi connectivity index (χ1v) is 17.2. The lowest BCUT2D eigenvalue weighted by Crippen LogP contribution is -2.52. The summed E-state index contributed by atoms with van der Waals surface area (Å²) in [6.45, 7) is 11.2. The van der Waals surface area contributed by atoms with Gasteiger partial charge >= 0.3 is 0 Å². The van der Waals surface area contributed by atoms with E-state index in [9.17, 15) is 9.90 Å². The lowest BCUT2D eigenvalue weighted by molar-refractivity contribution is -0.125. The number of piperidine rings is 1. The molecule has 4 aliphatic carbocycles. The van der Waals surface area contributed by atoms with Crippen molar-refractivity contribution in [2.75, 3.05) is 26.7 Å². The van der Waals surface area contributed by atoms with Crippen molar-refractivity contribution in [3.63, 3.8) is 0 Å². The third kappa shape index (κ3) is 5.49. The van der Waals surface area contributed by atoms with Crippen LogP contribution in [0.2, 0.25) is 0 Å². The quantitative estimate of drug-likeness (QED) is 0.357. The van der Waals surface area contributed by atoms with Crippen LogP contribution in [0, 0.1) is 34.5 Å². The zero-order valence-electron chi connectivity index (χ0n) is 27.3. The Balaban J connectivity index is 1.03. The van der Waals surface area contributed by atoms with Gasteiger partial charge in [0.15, 0.2) is 6.61 Å². The van der Waals surface area contributed by atoms with Crippen LogP contribution in [0.3, 0.4) is 0 Å². The maximum absolute atomic E-state index is 12.8. The van der Waals surface area contributed by atoms with Crippen LogP contribution in [-0.4, -0.2) is 60.5 Å². The van der Waals surface area contributed by atoms with Crippen LogP contribution in [0.5, 0.6) is 0 Å². The molecule has 1 amide bonds. The van der Waals surface area contributed by atoms with E-state index in [0.29, 0.717) is 30.3 Å². The standard InChI is InChI=1S/C37H55N3O3/c1-25-23-40(5)26(2)22-37(25,27-9-7-6-8-10-27)19-20-38-34(42)24-43-39-29-15-17-35(3)28(21-29)11-12-30-31-13-14-33(41)36(31,4)18-16-32(30)35/h6-10,21,25-26,30-33,41H,11-20,22-24H2,1-5H3,(H,38,42)/b39-29-/t25-,26+,30+,31+,32+,33+,35+,36+,37-/m1/s1. The lowest BCUT2D eigenvalue weighted by atomic mass is 9.47. The van der Waals surface area contributed by atoms with Gasteiger partial charge in [-0.1, -0.05) is 61.8 Å². The topological polar surface area (TPSA) is 74.2 Å². The molecule has 1 heterocycles. The number of rotatable bonds is 7. The zero-order valence-corrected chi connectivity index (χ0v) is 27.3. The van der Waals surface area contributed by atoms with Gasteiger partial charge in [-0.2, -0.15) is 0 Å². The van der Waals surface area contributed by atoms with Gasteiger partial charge in [-0.05, 0) is 124 Å². The molecule has 5 aliphatic rings. The molecule has 0 spiro atoms. The first kappa shape index (κ1) is 30.8. The van der Waals surface area contributed by atoms with Crippen molar-refractivity contribution in [3.8, 4) is 0 Å². The second-order valence-electron chi connectivity index (χ2n) is 15.5. The van der Waals surface area contributed by atoms with Crippen molar-refractivity contribution >= 4 is 11.6 Å². The summed E-state index contributed by atoms with van der Waals surface area (Å²) >= 11 is 0. The first-order chi connectivity index (χ1) is 20.6. The number of fused-ring (bicyclic) bond motifs is 5. The third-order valence-corrected chi connectivity index (χ3v) is 13.5. The van der Waals surface area contributed by atoms with Crippen molar-refractivity contribution in [1.29, 1.82) is 0 Å². The number of aliphatic hydroxyl groups excluding tert-OH is 1. The Hall–Kier alpha value is -2.18. The normalized spacial score (nSPS) is 42.0.